The van der Waals surface area contributed by atoms with Gasteiger partial charge in [0, 0.05) is 16.1 Å². The predicted molar refractivity (Wildman–Crippen MR) is 61.0 cm³/mol. The molecule has 1 rings (SSSR count). The third-order valence-electron chi connectivity index (χ3n) is 2.00. The smallest absolute Gasteiger partial charge is 0.159 e. The molecule has 1 unspecified atom stereocenters. The number of benzene rings is 1. The molecule has 0 saturated heterocycles. The summed E-state index contributed by atoms with van der Waals surface area (Å²) in [5, 5.41) is 10.4. The van der Waals surface area contributed by atoms with E-state index in [2.05, 4.69) is 0 Å². The number of hydrogen-bond acceptors (Lipinski definition) is 2. The van der Waals surface area contributed by atoms with Gasteiger partial charge in [-0.15, -0.1) is 0 Å². The third-order valence-corrected chi connectivity index (χ3v) is 2.49. The first-order valence-corrected chi connectivity index (χ1v) is 5.12. The zero-order valence-corrected chi connectivity index (χ0v) is 9.59. The summed E-state index contributed by atoms with van der Waals surface area (Å²) < 4.78 is 0. The van der Waals surface area contributed by atoms with E-state index in [4.69, 9.17) is 23.2 Å². The number of carbonyl (C=O) groups is 1. The summed E-state index contributed by atoms with van der Waals surface area (Å²) in [5.41, 5.74) is 1.85. The van der Waals surface area contributed by atoms with E-state index >= 15 is 0 Å². The molecule has 2 nitrogen and oxygen atoms in total. The van der Waals surface area contributed by atoms with Crippen molar-refractivity contribution in [1.29, 1.82) is 0 Å². The van der Waals surface area contributed by atoms with E-state index in [-0.39, 0.29) is 11.4 Å². The minimum Gasteiger partial charge on any atom is -0.383 e. The van der Waals surface area contributed by atoms with Crippen LogP contribution in [-0.4, -0.2) is 10.9 Å². The molecule has 0 bridgehead atoms. The first-order chi connectivity index (χ1) is 7.06. The molecular formula is C11H10Cl2O2. The summed E-state index contributed by atoms with van der Waals surface area (Å²) in [5.74, 6) is -0.257. The van der Waals surface area contributed by atoms with Gasteiger partial charge in [0.25, 0.3) is 0 Å². The van der Waals surface area contributed by atoms with E-state index < -0.39 is 6.10 Å². The van der Waals surface area contributed by atoms with Crippen LogP contribution in [0.25, 0.3) is 0 Å². The van der Waals surface area contributed by atoms with Gasteiger partial charge in [0.15, 0.2) is 5.78 Å². The Balaban J connectivity index is 2.98. The Hall–Kier alpha value is -0.830. The maximum atomic E-state index is 11.1. The topological polar surface area (TPSA) is 37.3 Å². The Labute approximate surface area is 98.1 Å². The van der Waals surface area contributed by atoms with E-state index in [1.54, 1.807) is 24.3 Å². The molecule has 4 heteroatoms. The highest BCUT2D eigenvalue weighted by atomic mass is 35.5. The zero-order valence-electron chi connectivity index (χ0n) is 8.08. The second-order valence-corrected chi connectivity index (χ2v) is 3.73. The first kappa shape index (κ1) is 12.2. The highest BCUT2D eigenvalue weighted by Crippen LogP contribution is 2.24. The number of halogens is 2. The number of Topliss-reactive ketones (excluding diaryl/α,β-unsaturated/α-hetero) is 1. The van der Waals surface area contributed by atoms with E-state index in [1.165, 1.54) is 6.92 Å². The van der Waals surface area contributed by atoms with E-state index in [0.717, 1.165) is 5.54 Å². The summed E-state index contributed by atoms with van der Waals surface area (Å²) in [6, 6.07) is 6.59. The molecule has 15 heavy (non-hydrogen) atoms. The SMILES string of the molecule is CC(=O)/C(=C/Cl)C(O)c1ccc(Cl)cc1. The number of aliphatic hydroxyl groups excluding tert-OH is 1. The number of rotatable bonds is 3. The summed E-state index contributed by atoms with van der Waals surface area (Å²) in [7, 11) is 0. The van der Waals surface area contributed by atoms with Crippen LogP contribution >= 0.6 is 23.2 Å². The van der Waals surface area contributed by atoms with Gasteiger partial charge in [0.2, 0.25) is 0 Å². The van der Waals surface area contributed by atoms with E-state index in [1.807, 2.05) is 0 Å². The molecule has 0 aromatic heterocycles. The van der Waals surface area contributed by atoms with Crippen molar-refractivity contribution in [2.75, 3.05) is 0 Å². The molecule has 0 spiro atoms. The Kier molecular flexibility index (Phi) is 4.33. The lowest BCUT2D eigenvalue weighted by Crippen LogP contribution is -2.07. The standard InChI is InChI=1S/C11H10Cl2O2/c1-7(14)10(6-12)11(15)8-2-4-9(13)5-3-8/h2-6,11,15H,1H3/b10-6-. The maximum Gasteiger partial charge on any atom is 0.159 e. The van der Waals surface area contributed by atoms with Crippen LogP contribution in [0.3, 0.4) is 0 Å². The maximum absolute atomic E-state index is 11.1. The number of ketones is 1. The van der Waals surface area contributed by atoms with Crippen LogP contribution < -0.4 is 0 Å². The Morgan fingerprint density at radius 2 is 1.93 bits per heavy atom. The van der Waals surface area contributed by atoms with Gasteiger partial charge in [-0.1, -0.05) is 35.3 Å². The molecule has 0 aliphatic carbocycles. The molecule has 0 amide bonds. The minimum absolute atomic E-state index is 0.166. The predicted octanol–water partition coefficient (Wildman–Crippen LogP) is 3.09. The molecule has 1 atom stereocenters. The summed E-state index contributed by atoms with van der Waals surface area (Å²) in [6.45, 7) is 1.35. The van der Waals surface area contributed by atoms with Crippen LogP contribution in [0.2, 0.25) is 5.02 Å². The van der Waals surface area contributed by atoms with Crippen LogP contribution in [0.15, 0.2) is 35.4 Å². The van der Waals surface area contributed by atoms with Gasteiger partial charge in [0.1, 0.15) is 6.10 Å². The fraction of sp³-hybridized carbons (Fsp3) is 0.182. The minimum atomic E-state index is -1.00. The van der Waals surface area contributed by atoms with Crippen LogP contribution in [0.5, 0.6) is 0 Å². The highest BCUT2D eigenvalue weighted by Gasteiger charge is 2.16. The molecule has 0 aliphatic heterocycles. The lowest BCUT2D eigenvalue weighted by molar-refractivity contribution is -0.114. The molecule has 1 aromatic rings. The summed E-state index contributed by atoms with van der Waals surface area (Å²) >= 11 is 11.2. The van der Waals surface area contributed by atoms with E-state index in [0.29, 0.717) is 10.6 Å². The third kappa shape index (κ3) is 3.06. The fourth-order valence-corrected chi connectivity index (χ4v) is 1.55. The molecule has 0 saturated carbocycles. The number of hydrogen-bond donors (Lipinski definition) is 1. The summed E-state index contributed by atoms with van der Waals surface area (Å²) in [4.78, 5) is 11.1. The Morgan fingerprint density at radius 3 is 2.33 bits per heavy atom. The van der Waals surface area contributed by atoms with Crippen LogP contribution in [-0.2, 0) is 4.79 Å². The molecule has 0 fully saturated rings. The largest absolute Gasteiger partial charge is 0.383 e. The van der Waals surface area contributed by atoms with Crippen LogP contribution in [0, 0.1) is 0 Å². The van der Waals surface area contributed by atoms with Gasteiger partial charge in [-0.3, -0.25) is 4.79 Å². The average Bonchev–Trinajstić information content (AvgIpc) is 2.19. The molecular weight excluding hydrogens is 235 g/mol. The molecule has 0 heterocycles. The molecule has 80 valence electrons. The first-order valence-electron chi connectivity index (χ1n) is 4.31. The van der Waals surface area contributed by atoms with Crippen LogP contribution in [0.4, 0.5) is 0 Å². The molecule has 0 radical (unpaired) electrons. The van der Waals surface area contributed by atoms with Gasteiger partial charge in [-0.25, -0.2) is 0 Å². The van der Waals surface area contributed by atoms with Gasteiger partial charge in [-0.05, 0) is 24.6 Å². The molecule has 1 aromatic carbocycles. The van der Waals surface area contributed by atoms with Crippen molar-refractivity contribution >= 4 is 29.0 Å². The summed E-state index contributed by atoms with van der Waals surface area (Å²) in [6.07, 6.45) is -1.00. The molecule has 0 aliphatic rings. The lowest BCUT2D eigenvalue weighted by Gasteiger charge is -2.11. The number of aliphatic hydroxyl groups is 1. The van der Waals surface area contributed by atoms with Gasteiger partial charge < -0.3 is 5.11 Å². The van der Waals surface area contributed by atoms with Gasteiger partial charge in [-0.2, -0.15) is 0 Å². The van der Waals surface area contributed by atoms with Crippen LogP contribution in [0.1, 0.15) is 18.6 Å². The number of carbonyl (C=O) groups excluding carboxylic acids is 1. The monoisotopic (exact) mass is 244 g/mol. The second kappa shape index (κ2) is 5.31. The zero-order chi connectivity index (χ0) is 11.4. The van der Waals surface area contributed by atoms with Crippen molar-refractivity contribution in [3.8, 4) is 0 Å². The second-order valence-electron chi connectivity index (χ2n) is 3.07. The van der Waals surface area contributed by atoms with E-state index in [9.17, 15) is 9.90 Å². The highest BCUT2D eigenvalue weighted by molar-refractivity contribution is 6.30. The van der Waals surface area contributed by atoms with Crippen molar-refractivity contribution in [2.45, 2.75) is 13.0 Å². The van der Waals surface area contributed by atoms with Gasteiger partial charge >= 0.3 is 0 Å². The van der Waals surface area contributed by atoms with Crippen molar-refractivity contribution in [2.24, 2.45) is 0 Å². The van der Waals surface area contributed by atoms with Crippen molar-refractivity contribution < 1.29 is 9.90 Å². The van der Waals surface area contributed by atoms with Crippen molar-refractivity contribution in [3.05, 3.63) is 46.0 Å². The lowest BCUT2D eigenvalue weighted by atomic mass is 10.0. The van der Waals surface area contributed by atoms with Crippen molar-refractivity contribution in [3.63, 3.8) is 0 Å². The quantitative estimate of drug-likeness (QED) is 0.831. The Morgan fingerprint density at radius 1 is 1.40 bits per heavy atom. The Bertz CT molecular complexity index is 382. The fourth-order valence-electron chi connectivity index (χ4n) is 1.15. The average molecular weight is 245 g/mol. The molecule has 1 N–H and O–H groups in total. The van der Waals surface area contributed by atoms with Crippen molar-refractivity contribution in [1.82, 2.24) is 0 Å². The van der Waals surface area contributed by atoms with Gasteiger partial charge in [0.05, 0.1) is 0 Å². The normalized spacial score (nSPS) is 13.7.